The van der Waals surface area contributed by atoms with E-state index in [-0.39, 0.29) is 11.7 Å². The molecule has 3 N–H and O–H groups in total. The van der Waals surface area contributed by atoms with Crippen LogP contribution < -0.4 is 10.6 Å². The molecule has 0 aliphatic heterocycles. The summed E-state index contributed by atoms with van der Waals surface area (Å²) in [7, 11) is 1.66. The minimum atomic E-state index is 0.00613. The van der Waals surface area contributed by atoms with Crippen molar-refractivity contribution in [1.82, 2.24) is 10.6 Å². The summed E-state index contributed by atoms with van der Waals surface area (Å²) in [5, 5.41) is 15.1. The van der Waals surface area contributed by atoms with Crippen LogP contribution in [0.15, 0.2) is 29.2 Å². The summed E-state index contributed by atoms with van der Waals surface area (Å²) in [6.07, 6.45) is 0. The molecule has 0 unspecified atom stereocenters. The highest BCUT2D eigenvalue weighted by Crippen LogP contribution is 2.20. The number of carbonyl (C=O) groups excluding carboxylic acids is 1. The molecular formula is C13H20N2O3S. The third kappa shape index (κ3) is 7.71. The zero-order valence-corrected chi connectivity index (χ0v) is 11.8. The van der Waals surface area contributed by atoms with E-state index in [1.54, 1.807) is 31.4 Å². The van der Waals surface area contributed by atoms with Crippen LogP contribution in [-0.2, 0) is 9.53 Å². The van der Waals surface area contributed by atoms with E-state index < -0.39 is 0 Å². The molecule has 5 nitrogen and oxygen atoms in total. The highest BCUT2D eigenvalue weighted by atomic mass is 32.2. The fraction of sp³-hybridized carbons (Fsp3) is 0.462. The van der Waals surface area contributed by atoms with Crippen molar-refractivity contribution >= 4 is 17.7 Å². The molecule has 0 bridgehead atoms. The van der Waals surface area contributed by atoms with Crippen LogP contribution in [0.5, 0.6) is 5.75 Å². The number of phenols is 1. The van der Waals surface area contributed by atoms with Gasteiger partial charge < -0.3 is 20.5 Å². The Hall–Kier alpha value is -1.24. The van der Waals surface area contributed by atoms with Crippen molar-refractivity contribution in [3.8, 4) is 5.75 Å². The molecule has 1 aromatic rings. The standard InChI is InChI=1S/C13H20N2O3S/c1-18-9-8-14-6-7-15-13(17)10-19-12-4-2-11(16)3-5-12/h2-5,14,16H,6-10H2,1H3,(H,15,17). The fourth-order valence-electron chi connectivity index (χ4n) is 1.33. The Balaban J connectivity index is 2.06. The quantitative estimate of drug-likeness (QED) is 0.463. The molecule has 0 spiro atoms. The molecule has 1 aromatic carbocycles. The predicted octanol–water partition coefficient (Wildman–Crippen LogP) is 0.836. The first-order valence-electron chi connectivity index (χ1n) is 6.10. The summed E-state index contributed by atoms with van der Waals surface area (Å²) < 4.78 is 4.89. The first-order chi connectivity index (χ1) is 9.22. The topological polar surface area (TPSA) is 70.6 Å². The van der Waals surface area contributed by atoms with Crippen LogP contribution in [0.1, 0.15) is 0 Å². The van der Waals surface area contributed by atoms with E-state index in [0.717, 1.165) is 18.0 Å². The number of hydrogen-bond acceptors (Lipinski definition) is 5. The molecule has 0 aliphatic rings. The third-order valence-electron chi connectivity index (χ3n) is 2.31. The van der Waals surface area contributed by atoms with E-state index >= 15 is 0 Å². The minimum Gasteiger partial charge on any atom is -0.508 e. The molecule has 106 valence electrons. The maximum atomic E-state index is 11.5. The number of carbonyl (C=O) groups is 1. The monoisotopic (exact) mass is 284 g/mol. The number of phenolic OH excluding ortho intramolecular Hbond substituents is 1. The molecule has 1 amide bonds. The Bertz CT molecular complexity index is 371. The third-order valence-corrected chi connectivity index (χ3v) is 3.33. The van der Waals surface area contributed by atoms with Crippen LogP contribution in [0.2, 0.25) is 0 Å². The van der Waals surface area contributed by atoms with Crippen LogP contribution in [0.3, 0.4) is 0 Å². The van der Waals surface area contributed by atoms with Gasteiger partial charge >= 0.3 is 0 Å². The summed E-state index contributed by atoms with van der Waals surface area (Å²) >= 11 is 1.45. The normalized spacial score (nSPS) is 10.4. The van der Waals surface area contributed by atoms with E-state index in [0.29, 0.717) is 18.9 Å². The number of benzene rings is 1. The Morgan fingerprint density at radius 1 is 1.26 bits per heavy atom. The van der Waals surface area contributed by atoms with Gasteiger partial charge in [-0.25, -0.2) is 0 Å². The van der Waals surface area contributed by atoms with Crippen molar-refractivity contribution in [2.45, 2.75) is 4.90 Å². The Morgan fingerprint density at radius 2 is 2.00 bits per heavy atom. The van der Waals surface area contributed by atoms with Gasteiger partial charge in [0.05, 0.1) is 12.4 Å². The maximum absolute atomic E-state index is 11.5. The largest absolute Gasteiger partial charge is 0.508 e. The molecule has 0 aromatic heterocycles. The zero-order valence-electron chi connectivity index (χ0n) is 11.0. The second-order valence-electron chi connectivity index (χ2n) is 3.88. The second kappa shape index (κ2) is 9.66. The van der Waals surface area contributed by atoms with E-state index in [9.17, 15) is 4.79 Å². The highest BCUT2D eigenvalue weighted by molar-refractivity contribution is 8.00. The Labute approximate surface area is 117 Å². The smallest absolute Gasteiger partial charge is 0.230 e. The number of rotatable bonds is 9. The number of nitrogens with one attached hydrogen (secondary N) is 2. The number of methoxy groups -OCH3 is 1. The number of hydrogen-bond donors (Lipinski definition) is 3. The number of thioether (sulfide) groups is 1. The van der Waals surface area contributed by atoms with Crippen LogP contribution >= 0.6 is 11.8 Å². The SMILES string of the molecule is COCCNCCNC(=O)CSc1ccc(O)cc1. The van der Waals surface area contributed by atoms with Crippen LogP contribution in [0.4, 0.5) is 0 Å². The molecule has 6 heteroatoms. The molecule has 19 heavy (non-hydrogen) atoms. The number of aromatic hydroxyl groups is 1. The molecule has 0 fully saturated rings. The lowest BCUT2D eigenvalue weighted by atomic mass is 10.3. The van der Waals surface area contributed by atoms with Gasteiger partial charge in [0.25, 0.3) is 0 Å². The van der Waals surface area contributed by atoms with E-state index in [4.69, 9.17) is 9.84 Å². The maximum Gasteiger partial charge on any atom is 0.230 e. The molecule has 0 aliphatic carbocycles. The molecule has 0 saturated carbocycles. The van der Waals surface area contributed by atoms with Crippen LogP contribution in [-0.4, -0.2) is 50.1 Å². The summed E-state index contributed by atoms with van der Waals surface area (Å²) in [5.74, 6) is 0.616. The van der Waals surface area contributed by atoms with E-state index in [1.165, 1.54) is 11.8 Å². The lowest BCUT2D eigenvalue weighted by Gasteiger charge is -2.06. The first-order valence-corrected chi connectivity index (χ1v) is 7.09. The van der Waals surface area contributed by atoms with Gasteiger partial charge in [-0.1, -0.05) is 0 Å². The van der Waals surface area contributed by atoms with Gasteiger partial charge in [0.2, 0.25) is 5.91 Å². The average Bonchev–Trinajstić information content (AvgIpc) is 2.42. The number of ether oxygens (including phenoxy) is 1. The summed E-state index contributed by atoms with van der Waals surface area (Å²) in [5.41, 5.74) is 0. The first kappa shape index (κ1) is 15.8. The van der Waals surface area contributed by atoms with Crippen molar-refractivity contribution in [3.05, 3.63) is 24.3 Å². The fourth-order valence-corrected chi connectivity index (χ4v) is 2.06. The van der Waals surface area contributed by atoms with Crippen molar-refractivity contribution in [2.24, 2.45) is 0 Å². The molecule has 0 radical (unpaired) electrons. The average molecular weight is 284 g/mol. The van der Waals surface area contributed by atoms with E-state index in [2.05, 4.69) is 10.6 Å². The van der Waals surface area contributed by atoms with Gasteiger partial charge in [-0.2, -0.15) is 0 Å². The molecule has 0 heterocycles. The van der Waals surface area contributed by atoms with Crippen LogP contribution in [0.25, 0.3) is 0 Å². The molecule has 0 atom stereocenters. The second-order valence-corrected chi connectivity index (χ2v) is 4.92. The lowest BCUT2D eigenvalue weighted by molar-refractivity contribution is -0.118. The lowest BCUT2D eigenvalue weighted by Crippen LogP contribution is -2.33. The number of amides is 1. The van der Waals surface area contributed by atoms with Crippen LogP contribution in [0, 0.1) is 0 Å². The Kier molecular flexibility index (Phi) is 8.04. The van der Waals surface area contributed by atoms with Crippen molar-refractivity contribution in [2.75, 3.05) is 39.1 Å². The van der Waals surface area contributed by atoms with Gasteiger partial charge in [0, 0.05) is 31.6 Å². The Morgan fingerprint density at radius 3 is 2.68 bits per heavy atom. The summed E-state index contributed by atoms with van der Waals surface area (Å²) in [6, 6.07) is 6.80. The van der Waals surface area contributed by atoms with Gasteiger partial charge in [0.1, 0.15) is 5.75 Å². The minimum absolute atomic E-state index is 0.00613. The summed E-state index contributed by atoms with van der Waals surface area (Å²) in [4.78, 5) is 12.5. The predicted molar refractivity (Wildman–Crippen MR) is 76.6 cm³/mol. The van der Waals surface area contributed by atoms with Crippen molar-refractivity contribution < 1.29 is 14.6 Å². The van der Waals surface area contributed by atoms with Gasteiger partial charge in [0.15, 0.2) is 0 Å². The molecule has 0 saturated heterocycles. The summed E-state index contributed by atoms with van der Waals surface area (Å²) in [6.45, 7) is 2.80. The van der Waals surface area contributed by atoms with Gasteiger partial charge in [-0.15, -0.1) is 11.8 Å². The molecule has 1 rings (SSSR count). The van der Waals surface area contributed by atoms with E-state index in [1.807, 2.05) is 0 Å². The van der Waals surface area contributed by atoms with Gasteiger partial charge in [-0.3, -0.25) is 4.79 Å². The molecular weight excluding hydrogens is 264 g/mol. The van der Waals surface area contributed by atoms with Crippen molar-refractivity contribution in [1.29, 1.82) is 0 Å². The van der Waals surface area contributed by atoms with Crippen molar-refractivity contribution in [3.63, 3.8) is 0 Å². The zero-order chi connectivity index (χ0) is 13.9. The highest BCUT2D eigenvalue weighted by Gasteiger charge is 2.02. The van der Waals surface area contributed by atoms with Gasteiger partial charge in [-0.05, 0) is 24.3 Å².